The van der Waals surface area contributed by atoms with E-state index in [0.717, 1.165) is 19.4 Å². The molecule has 1 spiro atoms. The standard InChI is InChI=1S/C13H17N3O3/c1-9-6-10(19-15-9)12(18)16-4-2-13(3-5-16)7-11(17)14-8-13/h6H,2-5,7-8H2,1H3,(H,14,17). The van der Waals surface area contributed by atoms with Gasteiger partial charge in [-0.15, -0.1) is 0 Å². The van der Waals surface area contributed by atoms with Crippen LogP contribution in [-0.4, -0.2) is 41.5 Å². The van der Waals surface area contributed by atoms with Crippen LogP contribution < -0.4 is 5.32 Å². The lowest BCUT2D eigenvalue weighted by atomic mass is 9.77. The molecule has 2 aliphatic rings. The molecule has 0 aliphatic carbocycles. The summed E-state index contributed by atoms with van der Waals surface area (Å²) in [6, 6.07) is 1.66. The average molecular weight is 263 g/mol. The van der Waals surface area contributed by atoms with Crippen molar-refractivity contribution in [3.05, 3.63) is 17.5 Å². The molecule has 6 heteroatoms. The number of hydrogen-bond acceptors (Lipinski definition) is 4. The zero-order valence-electron chi connectivity index (χ0n) is 10.9. The van der Waals surface area contributed by atoms with Crippen molar-refractivity contribution in [3.63, 3.8) is 0 Å². The molecule has 3 heterocycles. The van der Waals surface area contributed by atoms with E-state index in [0.29, 0.717) is 31.0 Å². The van der Waals surface area contributed by atoms with Gasteiger partial charge in [-0.05, 0) is 25.2 Å². The van der Waals surface area contributed by atoms with Crippen molar-refractivity contribution >= 4 is 11.8 Å². The molecular formula is C13H17N3O3. The second-order valence-corrected chi connectivity index (χ2v) is 5.58. The van der Waals surface area contributed by atoms with Gasteiger partial charge in [-0.25, -0.2) is 0 Å². The van der Waals surface area contributed by atoms with Crippen LogP contribution in [0.2, 0.25) is 0 Å². The Balaban J connectivity index is 1.64. The topological polar surface area (TPSA) is 75.4 Å². The van der Waals surface area contributed by atoms with Crippen molar-refractivity contribution in [2.75, 3.05) is 19.6 Å². The van der Waals surface area contributed by atoms with Gasteiger partial charge in [0.05, 0.1) is 5.69 Å². The molecule has 6 nitrogen and oxygen atoms in total. The number of likely N-dealkylation sites (tertiary alicyclic amines) is 1. The lowest BCUT2D eigenvalue weighted by molar-refractivity contribution is -0.119. The molecule has 1 aromatic rings. The Morgan fingerprint density at radius 3 is 2.74 bits per heavy atom. The van der Waals surface area contributed by atoms with Gasteiger partial charge in [0.15, 0.2) is 0 Å². The predicted molar refractivity (Wildman–Crippen MR) is 66.4 cm³/mol. The Kier molecular flexibility index (Phi) is 2.80. The van der Waals surface area contributed by atoms with Gasteiger partial charge in [0.25, 0.3) is 5.91 Å². The number of rotatable bonds is 1. The van der Waals surface area contributed by atoms with Crippen LogP contribution in [0.15, 0.2) is 10.6 Å². The molecule has 2 saturated heterocycles. The van der Waals surface area contributed by atoms with Crippen LogP contribution >= 0.6 is 0 Å². The molecule has 0 radical (unpaired) electrons. The highest BCUT2D eigenvalue weighted by atomic mass is 16.5. The lowest BCUT2D eigenvalue weighted by Crippen LogP contribution is -2.43. The molecule has 3 rings (SSSR count). The van der Waals surface area contributed by atoms with E-state index < -0.39 is 0 Å². The van der Waals surface area contributed by atoms with Gasteiger partial charge in [-0.3, -0.25) is 9.59 Å². The number of nitrogens with one attached hydrogen (secondary N) is 1. The third-order valence-corrected chi connectivity index (χ3v) is 4.15. The monoisotopic (exact) mass is 263 g/mol. The molecule has 102 valence electrons. The maximum atomic E-state index is 12.2. The summed E-state index contributed by atoms with van der Waals surface area (Å²) < 4.78 is 5.01. The van der Waals surface area contributed by atoms with Crippen LogP contribution in [0.25, 0.3) is 0 Å². The Morgan fingerprint density at radius 2 is 2.21 bits per heavy atom. The van der Waals surface area contributed by atoms with Gasteiger partial charge in [-0.1, -0.05) is 5.16 Å². The fourth-order valence-corrected chi connectivity index (χ4v) is 2.91. The van der Waals surface area contributed by atoms with Gasteiger partial charge in [0, 0.05) is 32.1 Å². The number of piperidine rings is 1. The first-order valence-corrected chi connectivity index (χ1v) is 6.57. The van der Waals surface area contributed by atoms with Gasteiger partial charge < -0.3 is 14.7 Å². The summed E-state index contributed by atoms with van der Waals surface area (Å²) in [5.74, 6) is 0.326. The molecule has 2 amide bonds. The summed E-state index contributed by atoms with van der Waals surface area (Å²) >= 11 is 0. The van der Waals surface area contributed by atoms with Crippen molar-refractivity contribution in [1.29, 1.82) is 0 Å². The minimum atomic E-state index is -0.104. The highest BCUT2D eigenvalue weighted by molar-refractivity contribution is 5.91. The van der Waals surface area contributed by atoms with Gasteiger partial charge >= 0.3 is 0 Å². The van der Waals surface area contributed by atoms with Crippen LogP contribution in [-0.2, 0) is 4.79 Å². The molecule has 1 aromatic heterocycles. The Bertz CT molecular complexity index is 515. The van der Waals surface area contributed by atoms with Crippen LogP contribution in [0.1, 0.15) is 35.5 Å². The fraction of sp³-hybridized carbons (Fsp3) is 0.615. The minimum absolute atomic E-state index is 0.0607. The molecule has 0 saturated carbocycles. The number of carbonyl (C=O) groups excluding carboxylic acids is 2. The number of aromatic nitrogens is 1. The lowest BCUT2D eigenvalue weighted by Gasteiger charge is -2.37. The summed E-state index contributed by atoms with van der Waals surface area (Å²) in [6.45, 7) is 3.89. The number of carbonyl (C=O) groups is 2. The zero-order chi connectivity index (χ0) is 13.5. The normalized spacial score (nSPS) is 21.7. The molecule has 0 atom stereocenters. The van der Waals surface area contributed by atoms with Crippen LogP contribution in [0.5, 0.6) is 0 Å². The second kappa shape index (κ2) is 4.36. The highest BCUT2D eigenvalue weighted by Gasteiger charge is 2.42. The summed E-state index contributed by atoms with van der Waals surface area (Å²) in [5.41, 5.74) is 0.771. The summed E-state index contributed by atoms with van der Waals surface area (Å²) in [4.78, 5) is 25.3. The summed E-state index contributed by atoms with van der Waals surface area (Å²) in [5, 5.41) is 6.62. The predicted octanol–water partition coefficient (Wildman–Crippen LogP) is 0.725. The van der Waals surface area contributed by atoms with Crippen molar-refractivity contribution in [2.24, 2.45) is 5.41 Å². The van der Waals surface area contributed by atoms with E-state index in [-0.39, 0.29) is 17.2 Å². The van der Waals surface area contributed by atoms with E-state index in [4.69, 9.17) is 4.52 Å². The van der Waals surface area contributed by atoms with E-state index in [2.05, 4.69) is 10.5 Å². The quantitative estimate of drug-likeness (QED) is 0.810. The molecular weight excluding hydrogens is 246 g/mol. The third-order valence-electron chi connectivity index (χ3n) is 4.15. The summed E-state index contributed by atoms with van der Waals surface area (Å²) in [6.07, 6.45) is 2.33. The maximum Gasteiger partial charge on any atom is 0.292 e. The first-order chi connectivity index (χ1) is 9.08. The van der Waals surface area contributed by atoms with Crippen LogP contribution in [0, 0.1) is 12.3 Å². The largest absolute Gasteiger partial charge is 0.356 e. The average Bonchev–Trinajstić information content (AvgIpc) is 2.97. The summed E-state index contributed by atoms with van der Waals surface area (Å²) in [7, 11) is 0. The van der Waals surface area contributed by atoms with E-state index in [9.17, 15) is 9.59 Å². The Morgan fingerprint density at radius 1 is 1.47 bits per heavy atom. The van der Waals surface area contributed by atoms with Crippen LogP contribution in [0.4, 0.5) is 0 Å². The molecule has 2 fully saturated rings. The van der Waals surface area contributed by atoms with Gasteiger partial charge in [0.1, 0.15) is 0 Å². The van der Waals surface area contributed by atoms with E-state index in [1.54, 1.807) is 17.9 Å². The molecule has 0 aromatic carbocycles. The Labute approximate surface area is 111 Å². The molecule has 0 bridgehead atoms. The van der Waals surface area contributed by atoms with Gasteiger partial charge in [0.2, 0.25) is 11.7 Å². The highest BCUT2D eigenvalue weighted by Crippen LogP contribution is 2.37. The number of nitrogens with zero attached hydrogens (tertiary/aromatic N) is 2. The van der Waals surface area contributed by atoms with E-state index in [1.807, 2.05) is 0 Å². The zero-order valence-corrected chi connectivity index (χ0v) is 10.9. The first kappa shape index (κ1) is 12.2. The molecule has 1 N–H and O–H groups in total. The van der Waals surface area contributed by atoms with Crippen molar-refractivity contribution in [2.45, 2.75) is 26.2 Å². The second-order valence-electron chi connectivity index (χ2n) is 5.58. The van der Waals surface area contributed by atoms with Crippen molar-refractivity contribution in [1.82, 2.24) is 15.4 Å². The SMILES string of the molecule is Cc1cc(C(=O)N2CCC3(CC2)CNC(=O)C3)on1. The van der Waals surface area contributed by atoms with E-state index in [1.165, 1.54) is 0 Å². The first-order valence-electron chi connectivity index (χ1n) is 6.57. The number of hydrogen-bond donors (Lipinski definition) is 1. The number of aryl methyl sites for hydroxylation is 1. The fourth-order valence-electron chi connectivity index (χ4n) is 2.91. The third kappa shape index (κ3) is 2.22. The molecule has 2 aliphatic heterocycles. The van der Waals surface area contributed by atoms with E-state index >= 15 is 0 Å². The minimum Gasteiger partial charge on any atom is -0.356 e. The Hall–Kier alpha value is -1.85. The smallest absolute Gasteiger partial charge is 0.292 e. The van der Waals surface area contributed by atoms with Crippen molar-refractivity contribution < 1.29 is 14.1 Å². The molecule has 0 unspecified atom stereocenters. The maximum absolute atomic E-state index is 12.2. The number of amides is 2. The van der Waals surface area contributed by atoms with Gasteiger partial charge in [-0.2, -0.15) is 0 Å². The van der Waals surface area contributed by atoms with Crippen molar-refractivity contribution in [3.8, 4) is 0 Å². The van der Waals surface area contributed by atoms with Crippen LogP contribution in [0.3, 0.4) is 0 Å². The molecule has 19 heavy (non-hydrogen) atoms.